The van der Waals surface area contributed by atoms with Gasteiger partial charge < -0.3 is 5.32 Å². The summed E-state index contributed by atoms with van der Waals surface area (Å²) in [6.45, 7) is 1.75. The molecule has 96 valence electrons. The molecular formula is C12H7BrClFN4. The Balaban J connectivity index is 2.42. The zero-order chi connectivity index (χ0) is 14.0. The van der Waals surface area contributed by atoms with Crippen molar-refractivity contribution in [1.29, 1.82) is 5.26 Å². The molecule has 2 aromatic rings. The van der Waals surface area contributed by atoms with E-state index in [0.717, 1.165) is 0 Å². The molecule has 0 aliphatic carbocycles. The molecule has 0 amide bonds. The molecule has 0 aliphatic rings. The molecule has 1 aromatic carbocycles. The zero-order valence-corrected chi connectivity index (χ0v) is 12.0. The van der Waals surface area contributed by atoms with Crippen molar-refractivity contribution < 1.29 is 4.39 Å². The van der Waals surface area contributed by atoms with Gasteiger partial charge in [0.1, 0.15) is 17.6 Å². The lowest BCUT2D eigenvalue weighted by Gasteiger charge is -2.10. The molecule has 0 radical (unpaired) electrons. The van der Waals surface area contributed by atoms with Crippen molar-refractivity contribution in [3.8, 4) is 6.07 Å². The summed E-state index contributed by atoms with van der Waals surface area (Å²) >= 11 is 9.15. The number of aromatic nitrogens is 2. The molecule has 0 bridgehead atoms. The number of aryl methyl sites for hydroxylation is 1. The van der Waals surface area contributed by atoms with Crippen LogP contribution in [0.2, 0.25) is 5.02 Å². The van der Waals surface area contributed by atoms with E-state index in [1.807, 2.05) is 6.07 Å². The number of rotatable bonds is 2. The van der Waals surface area contributed by atoms with Gasteiger partial charge in [0, 0.05) is 10.2 Å². The predicted octanol–water partition coefficient (Wildman–Crippen LogP) is 3.96. The molecule has 0 fully saturated rings. The van der Waals surface area contributed by atoms with Crippen molar-refractivity contribution in [2.45, 2.75) is 6.92 Å². The van der Waals surface area contributed by atoms with Gasteiger partial charge >= 0.3 is 0 Å². The van der Waals surface area contributed by atoms with E-state index in [2.05, 4.69) is 31.2 Å². The number of hydrogen-bond acceptors (Lipinski definition) is 4. The predicted molar refractivity (Wildman–Crippen MR) is 73.9 cm³/mol. The highest BCUT2D eigenvalue weighted by molar-refractivity contribution is 9.10. The van der Waals surface area contributed by atoms with Gasteiger partial charge in [-0.3, -0.25) is 0 Å². The lowest BCUT2D eigenvalue weighted by atomic mass is 10.3. The second-order valence-corrected chi connectivity index (χ2v) is 4.96. The van der Waals surface area contributed by atoms with Crippen LogP contribution in [0.15, 0.2) is 22.7 Å². The second-order valence-electron chi connectivity index (χ2n) is 3.70. The summed E-state index contributed by atoms with van der Waals surface area (Å²) < 4.78 is 13.6. The molecule has 7 heteroatoms. The number of hydrogen-bond donors (Lipinski definition) is 1. The molecule has 0 aliphatic heterocycles. The van der Waals surface area contributed by atoms with Crippen LogP contribution in [0.5, 0.6) is 0 Å². The Morgan fingerprint density at radius 3 is 2.74 bits per heavy atom. The van der Waals surface area contributed by atoms with Crippen LogP contribution < -0.4 is 5.32 Å². The summed E-state index contributed by atoms with van der Waals surface area (Å²) in [5, 5.41) is 11.9. The monoisotopic (exact) mass is 340 g/mol. The van der Waals surface area contributed by atoms with Crippen molar-refractivity contribution in [2.75, 3.05) is 5.32 Å². The maximum atomic E-state index is 13.1. The molecule has 1 aromatic heterocycles. The summed E-state index contributed by atoms with van der Waals surface area (Å²) in [4.78, 5) is 8.13. The van der Waals surface area contributed by atoms with Crippen molar-refractivity contribution in [3.05, 3.63) is 44.9 Å². The first kappa shape index (κ1) is 13.7. The minimum Gasteiger partial charge on any atom is -0.322 e. The Hall–Kier alpha value is -1.71. The second kappa shape index (κ2) is 5.51. The molecule has 0 saturated carbocycles. The Morgan fingerprint density at radius 2 is 2.11 bits per heavy atom. The fourth-order valence-electron chi connectivity index (χ4n) is 1.46. The highest BCUT2D eigenvalue weighted by atomic mass is 79.9. The number of nitrogens with zero attached hydrogens (tertiary/aromatic N) is 3. The Bertz CT molecular complexity index is 661. The Labute approximate surface area is 122 Å². The minimum atomic E-state index is -0.453. The minimum absolute atomic E-state index is 0.190. The molecule has 0 unspecified atom stereocenters. The summed E-state index contributed by atoms with van der Waals surface area (Å²) in [6.07, 6.45) is 0. The third kappa shape index (κ3) is 3.19. The third-order valence-electron chi connectivity index (χ3n) is 2.21. The first-order valence-corrected chi connectivity index (χ1v) is 6.34. The van der Waals surface area contributed by atoms with Crippen LogP contribution in [0, 0.1) is 24.1 Å². The quantitative estimate of drug-likeness (QED) is 0.898. The van der Waals surface area contributed by atoms with Crippen LogP contribution >= 0.6 is 27.5 Å². The van der Waals surface area contributed by atoms with E-state index in [1.165, 1.54) is 12.1 Å². The van der Waals surface area contributed by atoms with Gasteiger partial charge in [-0.15, -0.1) is 0 Å². The van der Waals surface area contributed by atoms with E-state index in [0.29, 0.717) is 15.9 Å². The maximum absolute atomic E-state index is 13.1. The van der Waals surface area contributed by atoms with E-state index in [9.17, 15) is 4.39 Å². The van der Waals surface area contributed by atoms with Gasteiger partial charge in [-0.25, -0.2) is 14.4 Å². The lowest BCUT2D eigenvalue weighted by molar-refractivity contribution is 0.627. The summed E-state index contributed by atoms with van der Waals surface area (Å²) in [7, 11) is 0. The van der Waals surface area contributed by atoms with Crippen LogP contribution in [-0.4, -0.2) is 9.97 Å². The maximum Gasteiger partial charge on any atom is 0.228 e. The standard InChI is InChI=1S/C12H7BrClFN4/c1-6-2-8(5-16)18-12(17-6)19-11-9(13)3-7(15)4-10(11)14/h2-4H,1H3,(H,17,18,19). The molecular weight excluding hydrogens is 335 g/mol. The van der Waals surface area contributed by atoms with E-state index >= 15 is 0 Å². The number of nitriles is 1. The number of benzene rings is 1. The molecule has 2 rings (SSSR count). The van der Waals surface area contributed by atoms with Gasteiger partial charge in [-0.05, 0) is 41.1 Å². The van der Waals surface area contributed by atoms with Gasteiger partial charge in [0.25, 0.3) is 0 Å². The SMILES string of the molecule is Cc1cc(C#N)nc(Nc2c(Cl)cc(F)cc2Br)n1. The number of anilines is 2. The molecule has 19 heavy (non-hydrogen) atoms. The molecule has 4 nitrogen and oxygen atoms in total. The van der Waals surface area contributed by atoms with Crippen molar-refractivity contribution in [1.82, 2.24) is 9.97 Å². The first-order valence-electron chi connectivity index (χ1n) is 5.17. The van der Waals surface area contributed by atoms with E-state index < -0.39 is 5.82 Å². The normalized spacial score (nSPS) is 10.1. The van der Waals surface area contributed by atoms with Crippen LogP contribution in [0.25, 0.3) is 0 Å². The van der Waals surface area contributed by atoms with Crippen molar-refractivity contribution in [2.24, 2.45) is 0 Å². The highest BCUT2D eigenvalue weighted by Gasteiger charge is 2.10. The van der Waals surface area contributed by atoms with E-state index in [-0.39, 0.29) is 16.7 Å². The molecule has 0 saturated heterocycles. The largest absolute Gasteiger partial charge is 0.322 e. The van der Waals surface area contributed by atoms with Crippen LogP contribution in [-0.2, 0) is 0 Å². The smallest absolute Gasteiger partial charge is 0.228 e. The molecule has 0 atom stereocenters. The molecule has 0 spiro atoms. The summed E-state index contributed by atoms with van der Waals surface area (Å²) in [5.41, 5.74) is 1.32. The van der Waals surface area contributed by atoms with Crippen molar-refractivity contribution >= 4 is 39.2 Å². The fraction of sp³-hybridized carbons (Fsp3) is 0.0833. The zero-order valence-electron chi connectivity index (χ0n) is 9.71. The van der Waals surface area contributed by atoms with Gasteiger partial charge in [-0.2, -0.15) is 5.26 Å². The van der Waals surface area contributed by atoms with Crippen molar-refractivity contribution in [3.63, 3.8) is 0 Å². The Kier molecular flexibility index (Phi) is 3.98. The lowest BCUT2D eigenvalue weighted by Crippen LogP contribution is -2.01. The highest BCUT2D eigenvalue weighted by Crippen LogP contribution is 2.33. The van der Waals surface area contributed by atoms with E-state index in [1.54, 1.807) is 13.0 Å². The van der Waals surface area contributed by atoms with E-state index in [4.69, 9.17) is 16.9 Å². The van der Waals surface area contributed by atoms with Gasteiger partial charge in [0.2, 0.25) is 5.95 Å². The number of halogens is 3. The summed E-state index contributed by atoms with van der Waals surface area (Å²) in [6, 6.07) is 5.95. The van der Waals surface area contributed by atoms with Gasteiger partial charge in [0.15, 0.2) is 0 Å². The third-order valence-corrected chi connectivity index (χ3v) is 3.14. The average Bonchev–Trinajstić information content (AvgIpc) is 2.33. The average molecular weight is 342 g/mol. The molecule has 1 heterocycles. The number of nitrogens with one attached hydrogen (secondary N) is 1. The first-order chi connectivity index (χ1) is 8.99. The van der Waals surface area contributed by atoms with Gasteiger partial charge in [-0.1, -0.05) is 11.6 Å². The topological polar surface area (TPSA) is 61.6 Å². The van der Waals surface area contributed by atoms with Crippen LogP contribution in [0.4, 0.5) is 16.0 Å². The molecule has 1 N–H and O–H groups in total. The Morgan fingerprint density at radius 1 is 1.37 bits per heavy atom. The van der Waals surface area contributed by atoms with Crippen LogP contribution in [0.1, 0.15) is 11.4 Å². The van der Waals surface area contributed by atoms with Gasteiger partial charge in [0.05, 0.1) is 10.7 Å². The van der Waals surface area contributed by atoms with Crippen LogP contribution in [0.3, 0.4) is 0 Å². The fourth-order valence-corrected chi connectivity index (χ4v) is 2.35. The summed E-state index contributed by atoms with van der Waals surface area (Å²) in [5.74, 6) is -0.226.